The highest BCUT2D eigenvalue weighted by Gasteiger charge is 2.08. The summed E-state index contributed by atoms with van der Waals surface area (Å²) in [7, 11) is 0. The molecule has 2 aromatic rings. The molecule has 90 valence electrons. The van der Waals surface area contributed by atoms with E-state index in [1.54, 1.807) is 12.3 Å². The van der Waals surface area contributed by atoms with Crippen molar-refractivity contribution in [3.63, 3.8) is 0 Å². The standard InChI is InChI=1S/C14H14N4/c15-9-4-10-18(12-5-2-1-3-6-12)13-7-8-14(16)17-11-13/h1-3,5-8,11H,4,10H2,(H2,16,17). The summed E-state index contributed by atoms with van der Waals surface area (Å²) in [6, 6.07) is 15.8. The molecule has 0 bridgehead atoms. The molecule has 4 heteroatoms. The van der Waals surface area contributed by atoms with Crippen LogP contribution in [-0.4, -0.2) is 11.5 Å². The minimum Gasteiger partial charge on any atom is -0.384 e. The van der Waals surface area contributed by atoms with Crippen molar-refractivity contribution in [1.82, 2.24) is 4.98 Å². The highest BCUT2D eigenvalue weighted by Crippen LogP contribution is 2.24. The average molecular weight is 238 g/mol. The van der Waals surface area contributed by atoms with Gasteiger partial charge in [0, 0.05) is 12.2 Å². The molecule has 0 fully saturated rings. The number of nitriles is 1. The maximum absolute atomic E-state index is 8.74. The van der Waals surface area contributed by atoms with E-state index < -0.39 is 0 Å². The lowest BCUT2D eigenvalue weighted by molar-refractivity contribution is 0.944. The van der Waals surface area contributed by atoms with E-state index in [-0.39, 0.29) is 0 Å². The van der Waals surface area contributed by atoms with Crippen LogP contribution in [0.3, 0.4) is 0 Å². The van der Waals surface area contributed by atoms with Crippen LogP contribution in [0.5, 0.6) is 0 Å². The second kappa shape index (κ2) is 5.69. The van der Waals surface area contributed by atoms with Gasteiger partial charge in [-0.15, -0.1) is 0 Å². The first-order valence-corrected chi connectivity index (χ1v) is 5.72. The van der Waals surface area contributed by atoms with Crippen LogP contribution in [0, 0.1) is 11.3 Å². The number of rotatable bonds is 4. The Kier molecular flexibility index (Phi) is 3.77. The Hall–Kier alpha value is -2.54. The van der Waals surface area contributed by atoms with E-state index in [1.165, 1.54) is 0 Å². The number of benzene rings is 1. The van der Waals surface area contributed by atoms with Crippen molar-refractivity contribution < 1.29 is 0 Å². The van der Waals surface area contributed by atoms with Crippen LogP contribution in [0.25, 0.3) is 0 Å². The van der Waals surface area contributed by atoms with Crippen molar-refractivity contribution in [2.24, 2.45) is 0 Å². The lowest BCUT2D eigenvalue weighted by Crippen LogP contribution is -2.18. The van der Waals surface area contributed by atoms with Gasteiger partial charge in [-0.2, -0.15) is 5.26 Å². The Bertz CT molecular complexity index is 528. The number of aromatic nitrogens is 1. The summed E-state index contributed by atoms with van der Waals surface area (Å²) in [5.74, 6) is 0.493. The average Bonchev–Trinajstić information content (AvgIpc) is 2.42. The van der Waals surface area contributed by atoms with Crippen molar-refractivity contribution in [2.75, 3.05) is 17.2 Å². The predicted octanol–water partition coefficient (Wildman–Crippen LogP) is 2.72. The summed E-state index contributed by atoms with van der Waals surface area (Å²) < 4.78 is 0. The van der Waals surface area contributed by atoms with Gasteiger partial charge in [-0.25, -0.2) is 4.98 Å². The molecular formula is C14H14N4. The number of hydrogen-bond donors (Lipinski definition) is 1. The molecule has 0 radical (unpaired) electrons. The van der Waals surface area contributed by atoms with E-state index in [2.05, 4.69) is 16.0 Å². The summed E-state index contributed by atoms with van der Waals surface area (Å²) in [6.07, 6.45) is 2.18. The minimum atomic E-state index is 0.458. The van der Waals surface area contributed by atoms with Gasteiger partial charge in [-0.05, 0) is 24.3 Å². The van der Waals surface area contributed by atoms with E-state index in [9.17, 15) is 0 Å². The second-order valence-electron chi connectivity index (χ2n) is 3.84. The normalized spacial score (nSPS) is 9.72. The zero-order valence-corrected chi connectivity index (χ0v) is 9.95. The number of hydrogen-bond acceptors (Lipinski definition) is 4. The zero-order chi connectivity index (χ0) is 12.8. The second-order valence-corrected chi connectivity index (χ2v) is 3.84. The predicted molar refractivity (Wildman–Crippen MR) is 72.3 cm³/mol. The summed E-state index contributed by atoms with van der Waals surface area (Å²) in [5.41, 5.74) is 7.56. The molecule has 4 nitrogen and oxygen atoms in total. The molecule has 0 spiro atoms. The molecule has 2 N–H and O–H groups in total. The Morgan fingerprint density at radius 1 is 1.11 bits per heavy atom. The first-order chi connectivity index (χ1) is 8.81. The molecule has 0 aliphatic carbocycles. The third-order valence-corrected chi connectivity index (χ3v) is 2.60. The van der Waals surface area contributed by atoms with Gasteiger partial charge in [0.15, 0.2) is 0 Å². The molecule has 1 aromatic heterocycles. The number of nitrogens with two attached hydrogens (primary N) is 1. The molecule has 18 heavy (non-hydrogen) atoms. The highest BCUT2D eigenvalue weighted by atomic mass is 15.1. The van der Waals surface area contributed by atoms with Crippen LogP contribution in [0.15, 0.2) is 48.7 Å². The maximum Gasteiger partial charge on any atom is 0.123 e. The van der Waals surface area contributed by atoms with E-state index >= 15 is 0 Å². The SMILES string of the molecule is N#CCCN(c1ccccc1)c1ccc(N)nc1. The lowest BCUT2D eigenvalue weighted by Gasteiger charge is -2.23. The number of para-hydroxylation sites is 1. The molecule has 2 rings (SSSR count). The minimum absolute atomic E-state index is 0.458. The van der Waals surface area contributed by atoms with Gasteiger partial charge >= 0.3 is 0 Å². The maximum atomic E-state index is 8.74. The molecule has 0 saturated carbocycles. The van der Waals surface area contributed by atoms with Gasteiger partial charge in [0.1, 0.15) is 5.82 Å². The zero-order valence-electron chi connectivity index (χ0n) is 9.95. The fourth-order valence-electron chi connectivity index (χ4n) is 1.73. The summed E-state index contributed by atoms with van der Waals surface area (Å²) in [6.45, 7) is 0.631. The Balaban J connectivity index is 2.31. The summed E-state index contributed by atoms with van der Waals surface area (Å²) in [4.78, 5) is 6.14. The van der Waals surface area contributed by atoms with Crippen LogP contribution in [-0.2, 0) is 0 Å². The van der Waals surface area contributed by atoms with Crippen molar-refractivity contribution in [3.8, 4) is 6.07 Å². The van der Waals surface area contributed by atoms with E-state index in [1.807, 2.05) is 36.4 Å². The fraction of sp³-hybridized carbons (Fsp3) is 0.143. The lowest BCUT2D eigenvalue weighted by atomic mass is 10.2. The third kappa shape index (κ3) is 2.77. The third-order valence-electron chi connectivity index (χ3n) is 2.60. The Labute approximate surface area is 106 Å². The van der Waals surface area contributed by atoms with Crippen LogP contribution in [0.1, 0.15) is 6.42 Å². The number of nitrogen functional groups attached to an aromatic ring is 1. The van der Waals surface area contributed by atoms with Gasteiger partial charge in [0.25, 0.3) is 0 Å². The molecular weight excluding hydrogens is 224 g/mol. The summed E-state index contributed by atoms with van der Waals surface area (Å²) >= 11 is 0. The first kappa shape index (κ1) is 11.9. The van der Waals surface area contributed by atoms with Gasteiger partial charge in [-0.3, -0.25) is 0 Å². The van der Waals surface area contributed by atoms with Crippen molar-refractivity contribution in [3.05, 3.63) is 48.7 Å². The van der Waals surface area contributed by atoms with Crippen molar-refractivity contribution in [2.45, 2.75) is 6.42 Å². The number of anilines is 3. The molecule has 0 aliphatic heterocycles. The topological polar surface area (TPSA) is 65.9 Å². The number of pyridine rings is 1. The Morgan fingerprint density at radius 2 is 1.89 bits per heavy atom. The van der Waals surface area contributed by atoms with Crippen LogP contribution >= 0.6 is 0 Å². The fourth-order valence-corrected chi connectivity index (χ4v) is 1.73. The molecule has 1 aromatic carbocycles. The van der Waals surface area contributed by atoms with Crippen LogP contribution in [0.2, 0.25) is 0 Å². The van der Waals surface area contributed by atoms with Gasteiger partial charge in [-0.1, -0.05) is 18.2 Å². The molecule has 0 saturated heterocycles. The highest BCUT2D eigenvalue weighted by molar-refractivity contribution is 5.63. The monoisotopic (exact) mass is 238 g/mol. The van der Waals surface area contributed by atoms with E-state index in [0.717, 1.165) is 11.4 Å². The molecule has 0 atom stereocenters. The number of nitrogens with zero attached hydrogens (tertiary/aromatic N) is 3. The molecule has 1 heterocycles. The summed E-state index contributed by atoms with van der Waals surface area (Å²) in [5, 5.41) is 8.74. The molecule has 0 unspecified atom stereocenters. The van der Waals surface area contributed by atoms with Crippen molar-refractivity contribution >= 4 is 17.2 Å². The smallest absolute Gasteiger partial charge is 0.123 e. The first-order valence-electron chi connectivity index (χ1n) is 5.72. The quantitative estimate of drug-likeness (QED) is 0.889. The van der Waals surface area contributed by atoms with Gasteiger partial charge in [0.2, 0.25) is 0 Å². The van der Waals surface area contributed by atoms with Gasteiger partial charge < -0.3 is 10.6 Å². The van der Waals surface area contributed by atoms with Crippen LogP contribution in [0.4, 0.5) is 17.2 Å². The Morgan fingerprint density at radius 3 is 2.50 bits per heavy atom. The van der Waals surface area contributed by atoms with E-state index in [4.69, 9.17) is 11.0 Å². The van der Waals surface area contributed by atoms with Crippen molar-refractivity contribution in [1.29, 1.82) is 5.26 Å². The largest absolute Gasteiger partial charge is 0.384 e. The van der Waals surface area contributed by atoms with Crippen LogP contribution < -0.4 is 10.6 Å². The molecule has 0 aliphatic rings. The molecule has 0 amide bonds. The van der Waals surface area contributed by atoms with E-state index in [0.29, 0.717) is 18.8 Å². The van der Waals surface area contributed by atoms with Gasteiger partial charge in [0.05, 0.1) is 24.4 Å².